The van der Waals surface area contributed by atoms with Crippen molar-refractivity contribution < 1.29 is 4.79 Å². The summed E-state index contributed by atoms with van der Waals surface area (Å²) in [6.45, 7) is 0. The summed E-state index contributed by atoms with van der Waals surface area (Å²) in [6, 6.07) is -0.171. The number of carbonyl (C=O) groups is 1. The van der Waals surface area contributed by atoms with E-state index in [0.29, 0.717) is 6.42 Å². The molecule has 0 fully saturated rings. The molecule has 0 saturated carbocycles. The van der Waals surface area contributed by atoms with Gasteiger partial charge in [0.05, 0.1) is 18.1 Å². The lowest BCUT2D eigenvalue weighted by Crippen LogP contribution is -2.24. The quantitative estimate of drug-likeness (QED) is 0.554. The van der Waals surface area contributed by atoms with Crippen LogP contribution in [0.4, 0.5) is 0 Å². The molecule has 0 amide bonds. The zero-order chi connectivity index (χ0) is 8.97. The molecule has 0 saturated heterocycles. The summed E-state index contributed by atoms with van der Waals surface area (Å²) >= 11 is 0. The fraction of sp³-hybridized carbons (Fsp3) is 0.333. The van der Waals surface area contributed by atoms with E-state index < -0.39 is 0 Å². The molecular weight excluding hydrogens is 192 g/mol. The molecule has 1 N–H and O–H groups in total. The lowest BCUT2D eigenvalue weighted by molar-refractivity contribution is -0.109. The van der Waals surface area contributed by atoms with Gasteiger partial charge in [-0.1, -0.05) is 9.39 Å². The molecular formula is C6H11N3OP2. The standard InChI is InChI=1S/C6H11N3OP2/c10-3-6(8-11)1-5-2-9(12)4-7-5/h2-4,6,8H,1,11-12H2. The molecule has 0 aliphatic carbocycles. The number of nitrogens with one attached hydrogen (secondary N) is 1. The van der Waals surface area contributed by atoms with Crippen LogP contribution in [0.2, 0.25) is 0 Å². The molecule has 1 rings (SSSR count). The Morgan fingerprint density at radius 2 is 2.58 bits per heavy atom. The molecule has 1 aromatic heterocycles. The van der Waals surface area contributed by atoms with Crippen molar-refractivity contribution in [3.63, 3.8) is 0 Å². The highest BCUT2D eigenvalue weighted by Gasteiger charge is 2.06. The van der Waals surface area contributed by atoms with Gasteiger partial charge in [0.2, 0.25) is 0 Å². The van der Waals surface area contributed by atoms with Crippen molar-refractivity contribution >= 4 is 25.1 Å². The normalized spacial score (nSPS) is 12.8. The van der Waals surface area contributed by atoms with Crippen LogP contribution >= 0.6 is 18.8 Å². The minimum Gasteiger partial charge on any atom is -0.322 e. The summed E-state index contributed by atoms with van der Waals surface area (Å²) in [5.74, 6) is 0. The Bertz CT molecular complexity index is 263. The summed E-state index contributed by atoms with van der Waals surface area (Å²) in [6.07, 6.45) is 5.04. The van der Waals surface area contributed by atoms with Gasteiger partial charge < -0.3 is 9.13 Å². The van der Waals surface area contributed by atoms with Crippen LogP contribution in [0.25, 0.3) is 0 Å². The second-order valence-electron chi connectivity index (χ2n) is 2.43. The van der Waals surface area contributed by atoms with E-state index in [1.165, 1.54) is 0 Å². The van der Waals surface area contributed by atoms with Gasteiger partial charge in [-0.25, -0.2) is 4.98 Å². The molecule has 0 aliphatic rings. The van der Waals surface area contributed by atoms with Crippen LogP contribution in [0.1, 0.15) is 5.69 Å². The first kappa shape index (κ1) is 9.79. The smallest absolute Gasteiger partial charge is 0.137 e. The van der Waals surface area contributed by atoms with E-state index in [9.17, 15) is 4.79 Å². The first-order valence-electron chi connectivity index (χ1n) is 3.45. The molecule has 0 radical (unpaired) electrons. The Kier molecular flexibility index (Phi) is 3.80. The Morgan fingerprint density at radius 1 is 1.83 bits per heavy atom. The van der Waals surface area contributed by atoms with Crippen molar-refractivity contribution in [3.8, 4) is 0 Å². The largest absolute Gasteiger partial charge is 0.322 e. The zero-order valence-electron chi connectivity index (χ0n) is 6.47. The van der Waals surface area contributed by atoms with Crippen LogP contribution in [0, 0.1) is 0 Å². The molecule has 3 atom stereocenters. The molecule has 4 nitrogen and oxygen atoms in total. The van der Waals surface area contributed by atoms with Crippen molar-refractivity contribution in [2.45, 2.75) is 12.5 Å². The molecule has 0 aliphatic heterocycles. The van der Waals surface area contributed by atoms with E-state index in [2.05, 4.69) is 28.9 Å². The van der Waals surface area contributed by atoms with E-state index >= 15 is 0 Å². The summed E-state index contributed by atoms with van der Waals surface area (Å²) in [5, 5.41) is 2.80. The first-order valence-corrected chi connectivity index (χ1v) is 4.55. The highest BCUT2D eigenvalue weighted by Crippen LogP contribution is 2.02. The number of aldehydes is 1. The van der Waals surface area contributed by atoms with Crippen LogP contribution in [0.3, 0.4) is 0 Å². The molecule has 66 valence electrons. The highest BCUT2D eigenvalue weighted by molar-refractivity contribution is 7.14. The summed E-state index contributed by atoms with van der Waals surface area (Å²) in [7, 11) is 4.80. The predicted octanol–water partition coefficient (Wildman–Crippen LogP) is 0.0110. The maximum atomic E-state index is 10.4. The minimum absolute atomic E-state index is 0.171. The molecule has 3 unspecified atom stereocenters. The molecule has 6 heteroatoms. The first-order chi connectivity index (χ1) is 5.76. The second-order valence-corrected chi connectivity index (χ2v) is 3.36. The van der Waals surface area contributed by atoms with Crippen molar-refractivity contribution in [2.24, 2.45) is 0 Å². The van der Waals surface area contributed by atoms with E-state index in [1.54, 1.807) is 10.7 Å². The maximum Gasteiger partial charge on any atom is 0.137 e. The van der Waals surface area contributed by atoms with E-state index in [4.69, 9.17) is 0 Å². The van der Waals surface area contributed by atoms with Crippen LogP contribution in [0.5, 0.6) is 0 Å². The third-order valence-corrected chi connectivity index (χ3v) is 2.17. The summed E-state index contributed by atoms with van der Waals surface area (Å²) < 4.78 is 1.78. The number of imidazole rings is 1. The van der Waals surface area contributed by atoms with Crippen molar-refractivity contribution in [3.05, 3.63) is 18.2 Å². The lowest BCUT2D eigenvalue weighted by atomic mass is 10.2. The van der Waals surface area contributed by atoms with Crippen molar-refractivity contribution in [2.75, 3.05) is 0 Å². The van der Waals surface area contributed by atoms with Crippen molar-refractivity contribution in [1.29, 1.82) is 0 Å². The van der Waals surface area contributed by atoms with Crippen molar-refractivity contribution in [1.82, 2.24) is 14.4 Å². The number of nitrogens with zero attached hydrogens (tertiary/aromatic N) is 2. The van der Waals surface area contributed by atoms with Crippen LogP contribution in [-0.4, -0.2) is 21.6 Å². The summed E-state index contributed by atoms with van der Waals surface area (Å²) in [5.41, 5.74) is 0.900. The Labute approximate surface area is 75.6 Å². The van der Waals surface area contributed by atoms with Gasteiger partial charge in [0, 0.05) is 12.6 Å². The molecule has 0 bridgehead atoms. The third-order valence-electron chi connectivity index (χ3n) is 1.46. The highest BCUT2D eigenvalue weighted by atomic mass is 31.0. The molecule has 0 aromatic carbocycles. The number of carbonyl (C=O) groups excluding carboxylic acids is 1. The van der Waals surface area contributed by atoms with E-state index in [1.807, 2.05) is 6.20 Å². The van der Waals surface area contributed by atoms with Gasteiger partial charge in [0.1, 0.15) is 6.29 Å². The second kappa shape index (κ2) is 4.66. The number of rotatable bonds is 4. The summed E-state index contributed by atoms with van der Waals surface area (Å²) in [4.78, 5) is 14.5. The Balaban J connectivity index is 2.56. The van der Waals surface area contributed by atoms with E-state index in [-0.39, 0.29) is 6.04 Å². The Morgan fingerprint density at radius 3 is 3.00 bits per heavy atom. The molecule has 1 aromatic rings. The van der Waals surface area contributed by atoms with Gasteiger partial charge in [0.25, 0.3) is 0 Å². The average Bonchev–Trinajstić information content (AvgIpc) is 2.47. The topological polar surface area (TPSA) is 46.9 Å². The lowest BCUT2D eigenvalue weighted by Gasteiger charge is -2.04. The number of hydrogen-bond donors (Lipinski definition) is 1. The van der Waals surface area contributed by atoms with Crippen LogP contribution in [0.15, 0.2) is 12.5 Å². The van der Waals surface area contributed by atoms with Gasteiger partial charge in [-0.05, 0) is 9.39 Å². The maximum absolute atomic E-state index is 10.4. The van der Waals surface area contributed by atoms with Crippen LogP contribution in [-0.2, 0) is 11.2 Å². The monoisotopic (exact) mass is 203 g/mol. The van der Waals surface area contributed by atoms with Gasteiger partial charge in [-0.3, -0.25) is 5.09 Å². The number of hydrogen-bond acceptors (Lipinski definition) is 3. The Hall–Kier alpha value is -0.300. The fourth-order valence-corrected chi connectivity index (χ4v) is 1.29. The van der Waals surface area contributed by atoms with Gasteiger partial charge in [-0.2, -0.15) is 0 Å². The fourth-order valence-electron chi connectivity index (χ4n) is 0.857. The molecule has 0 spiro atoms. The van der Waals surface area contributed by atoms with Gasteiger partial charge >= 0.3 is 0 Å². The SMILES string of the molecule is O=CC(Cc1cn(P)cn1)NP. The van der Waals surface area contributed by atoms with Crippen LogP contribution < -0.4 is 5.09 Å². The minimum atomic E-state index is -0.171. The number of aromatic nitrogens is 2. The average molecular weight is 203 g/mol. The van der Waals surface area contributed by atoms with Gasteiger partial charge in [-0.15, -0.1) is 0 Å². The molecule has 1 heterocycles. The third kappa shape index (κ3) is 2.63. The predicted molar refractivity (Wildman–Crippen MR) is 53.7 cm³/mol. The van der Waals surface area contributed by atoms with E-state index in [0.717, 1.165) is 12.0 Å². The molecule has 12 heavy (non-hydrogen) atoms. The zero-order valence-corrected chi connectivity index (χ0v) is 8.78. The van der Waals surface area contributed by atoms with Gasteiger partial charge in [0.15, 0.2) is 0 Å².